The summed E-state index contributed by atoms with van der Waals surface area (Å²) in [4.78, 5) is 1.34. The zero-order valence-corrected chi connectivity index (χ0v) is 8.79. The number of benzene rings is 1. The van der Waals surface area contributed by atoms with Crippen LogP contribution in [0.3, 0.4) is 0 Å². The van der Waals surface area contributed by atoms with Gasteiger partial charge >= 0.3 is 0 Å². The maximum atomic E-state index is 5.99. The normalized spacial score (nSPS) is 16.4. The summed E-state index contributed by atoms with van der Waals surface area (Å²) in [6.07, 6.45) is 3.83. The molecular formula is C11H15NS. The summed E-state index contributed by atoms with van der Waals surface area (Å²) < 4.78 is 0. The highest BCUT2D eigenvalue weighted by atomic mass is 32.2. The van der Waals surface area contributed by atoms with Crippen molar-refractivity contribution in [1.82, 2.24) is 0 Å². The van der Waals surface area contributed by atoms with Crippen LogP contribution in [0.4, 0.5) is 5.69 Å². The van der Waals surface area contributed by atoms with Crippen LogP contribution in [0.1, 0.15) is 24.0 Å². The van der Waals surface area contributed by atoms with Gasteiger partial charge in [-0.05, 0) is 49.1 Å². The predicted octanol–water partition coefficient (Wildman–Crippen LogP) is 3.01. The molecule has 1 aromatic rings. The number of rotatable bonds is 0. The average Bonchev–Trinajstić information content (AvgIpc) is 2.28. The van der Waals surface area contributed by atoms with Crippen molar-refractivity contribution in [1.29, 1.82) is 0 Å². The van der Waals surface area contributed by atoms with Crippen LogP contribution in [0.2, 0.25) is 0 Å². The molecule has 0 amide bonds. The first-order valence-electron chi connectivity index (χ1n) is 4.79. The van der Waals surface area contributed by atoms with Gasteiger partial charge in [0, 0.05) is 10.6 Å². The molecule has 13 heavy (non-hydrogen) atoms. The van der Waals surface area contributed by atoms with E-state index in [1.54, 1.807) is 0 Å². The molecule has 0 bridgehead atoms. The second-order valence-electron chi connectivity index (χ2n) is 3.65. The molecule has 1 nitrogen and oxygen atoms in total. The molecule has 70 valence electrons. The van der Waals surface area contributed by atoms with Gasteiger partial charge < -0.3 is 5.73 Å². The molecule has 1 aliphatic rings. The standard InChI is InChI=1S/C11H15NS/c1-8-6-9-4-2-3-5-13-11(9)10(12)7-8/h6-7H,2-5,12H2,1H3. The maximum Gasteiger partial charge on any atom is 0.0457 e. The van der Waals surface area contributed by atoms with E-state index in [0.29, 0.717) is 0 Å². The Bertz CT molecular complexity index is 320. The Hall–Kier alpha value is -0.630. The van der Waals surface area contributed by atoms with Crippen LogP contribution in [0.5, 0.6) is 0 Å². The van der Waals surface area contributed by atoms with Crippen molar-refractivity contribution in [2.75, 3.05) is 11.5 Å². The van der Waals surface area contributed by atoms with Crippen molar-refractivity contribution < 1.29 is 0 Å². The van der Waals surface area contributed by atoms with Gasteiger partial charge in [-0.3, -0.25) is 0 Å². The van der Waals surface area contributed by atoms with Gasteiger partial charge in [0.25, 0.3) is 0 Å². The number of nitrogens with two attached hydrogens (primary N) is 1. The van der Waals surface area contributed by atoms with Crippen LogP contribution in [0, 0.1) is 6.92 Å². The number of thioether (sulfide) groups is 1. The highest BCUT2D eigenvalue weighted by molar-refractivity contribution is 7.99. The molecule has 2 N–H and O–H groups in total. The minimum atomic E-state index is 0.974. The first-order chi connectivity index (χ1) is 6.27. The van der Waals surface area contributed by atoms with Gasteiger partial charge in [0.05, 0.1) is 0 Å². The smallest absolute Gasteiger partial charge is 0.0457 e. The molecule has 0 aliphatic carbocycles. The Labute approximate surface area is 83.7 Å². The largest absolute Gasteiger partial charge is 0.398 e. The summed E-state index contributed by atoms with van der Waals surface area (Å²) in [5.41, 5.74) is 9.71. The van der Waals surface area contributed by atoms with Crippen molar-refractivity contribution in [2.45, 2.75) is 31.1 Å². The van der Waals surface area contributed by atoms with Crippen LogP contribution in [0.25, 0.3) is 0 Å². The topological polar surface area (TPSA) is 26.0 Å². The predicted molar refractivity (Wildman–Crippen MR) is 59.3 cm³/mol. The van der Waals surface area contributed by atoms with Gasteiger partial charge in [-0.15, -0.1) is 11.8 Å². The number of anilines is 1. The van der Waals surface area contributed by atoms with Crippen LogP contribution in [-0.2, 0) is 6.42 Å². The van der Waals surface area contributed by atoms with Crippen molar-refractivity contribution in [2.24, 2.45) is 0 Å². The number of fused-ring (bicyclic) bond motifs is 1. The Balaban J connectivity index is 2.47. The van der Waals surface area contributed by atoms with Gasteiger partial charge in [-0.1, -0.05) is 6.07 Å². The van der Waals surface area contributed by atoms with E-state index in [1.807, 2.05) is 11.8 Å². The van der Waals surface area contributed by atoms with Gasteiger partial charge in [-0.25, -0.2) is 0 Å². The summed E-state index contributed by atoms with van der Waals surface area (Å²) in [5.74, 6) is 1.22. The molecule has 0 aromatic heterocycles. The van der Waals surface area contributed by atoms with Crippen LogP contribution in [0.15, 0.2) is 17.0 Å². The van der Waals surface area contributed by atoms with E-state index in [4.69, 9.17) is 5.73 Å². The molecule has 2 rings (SSSR count). The van der Waals surface area contributed by atoms with E-state index in [0.717, 1.165) is 5.69 Å². The number of aryl methyl sites for hydroxylation is 2. The van der Waals surface area contributed by atoms with Crippen molar-refractivity contribution in [3.8, 4) is 0 Å². The van der Waals surface area contributed by atoms with Crippen molar-refractivity contribution in [3.63, 3.8) is 0 Å². The maximum absolute atomic E-state index is 5.99. The minimum absolute atomic E-state index is 0.974. The average molecular weight is 193 g/mol. The molecular weight excluding hydrogens is 178 g/mol. The molecule has 2 heteroatoms. The van der Waals surface area contributed by atoms with Gasteiger partial charge in [0.2, 0.25) is 0 Å². The molecule has 0 saturated carbocycles. The Morgan fingerprint density at radius 2 is 2.15 bits per heavy atom. The molecule has 0 atom stereocenters. The molecule has 0 saturated heterocycles. The Morgan fingerprint density at radius 1 is 1.31 bits per heavy atom. The third-order valence-corrected chi connectivity index (χ3v) is 3.71. The molecule has 1 heterocycles. The summed E-state index contributed by atoms with van der Waals surface area (Å²) >= 11 is 1.92. The van der Waals surface area contributed by atoms with E-state index in [-0.39, 0.29) is 0 Å². The number of nitrogen functional groups attached to an aromatic ring is 1. The van der Waals surface area contributed by atoms with Crippen LogP contribution >= 0.6 is 11.8 Å². The summed E-state index contributed by atoms with van der Waals surface area (Å²) in [7, 11) is 0. The van der Waals surface area contributed by atoms with Crippen molar-refractivity contribution >= 4 is 17.4 Å². The highest BCUT2D eigenvalue weighted by Gasteiger charge is 2.11. The first kappa shape index (κ1) is 8.95. The summed E-state index contributed by atoms with van der Waals surface area (Å²) in [6, 6.07) is 4.36. The molecule has 1 aromatic carbocycles. The van der Waals surface area contributed by atoms with E-state index in [1.165, 1.54) is 41.0 Å². The highest BCUT2D eigenvalue weighted by Crippen LogP contribution is 2.34. The number of hydrogen-bond acceptors (Lipinski definition) is 2. The van der Waals surface area contributed by atoms with Crippen LogP contribution < -0.4 is 5.73 Å². The molecule has 0 spiro atoms. The molecule has 0 unspecified atom stereocenters. The second-order valence-corrected chi connectivity index (χ2v) is 4.75. The van der Waals surface area contributed by atoms with Gasteiger partial charge in [0.15, 0.2) is 0 Å². The SMILES string of the molecule is Cc1cc(N)c2c(c1)CCCCS2. The van der Waals surface area contributed by atoms with Crippen molar-refractivity contribution in [3.05, 3.63) is 23.3 Å². The zero-order chi connectivity index (χ0) is 9.26. The fourth-order valence-electron chi connectivity index (χ4n) is 1.83. The zero-order valence-electron chi connectivity index (χ0n) is 7.97. The lowest BCUT2D eigenvalue weighted by atomic mass is 10.1. The van der Waals surface area contributed by atoms with E-state index >= 15 is 0 Å². The molecule has 0 fully saturated rings. The Kier molecular flexibility index (Phi) is 2.49. The van der Waals surface area contributed by atoms with Crippen LogP contribution in [-0.4, -0.2) is 5.75 Å². The van der Waals surface area contributed by atoms with Gasteiger partial charge in [-0.2, -0.15) is 0 Å². The lowest BCUT2D eigenvalue weighted by molar-refractivity contribution is 0.804. The summed E-state index contributed by atoms with van der Waals surface area (Å²) in [5, 5.41) is 0. The van der Waals surface area contributed by atoms with Gasteiger partial charge in [0.1, 0.15) is 0 Å². The molecule has 1 aliphatic heterocycles. The monoisotopic (exact) mass is 193 g/mol. The first-order valence-corrected chi connectivity index (χ1v) is 5.78. The lowest BCUT2D eigenvalue weighted by Gasteiger charge is -2.09. The van der Waals surface area contributed by atoms with E-state index in [2.05, 4.69) is 19.1 Å². The third kappa shape index (κ3) is 1.83. The third-order valence-electron chi connectivity index (χ3n) is 2.43. The summed E-state index contributed by atoms with van der Waals surface area (Å²) in [6.45, 7) is 2.12. The quantitative estimate of drug-likeness (QED) is 0.641. The number of hydrogen-bond donors (Lipinski definition) is 1. The fourth-order valence-corrected chi connectivity index (χ4v) is 2.96. The second kappa shape index (κ2) is 3.62. The van der Waals surface area contributed by atoms with E-state index < -0.39 is 0 Å². The lowest BCUT2D eigenvalue weighted by Crippen LogP contribution is -1.94. The fraction of sp³-hybridized carbons (Fsp3) is 0.455. The Morgan fingerprint density at radius 3 is 3.00 bits per heavy atom. The minimum Gasteiger partial charge on any atom is -0.398 e. The molecule has 0 radical (unpaired) electrons. The van der Waals surface area contributed by atoms with E-state index in [9.17, 15) is 0 Å².